The van der Waals surface area contributed by atoms with Crippen molar-refractivity contribution in [2.45, 2.75) is 20.3 Å². The maximum absolute atomic E-state index is 12.3. The minimum Gasteiger partial charge on any atom is -0.397 e. The zero-order valence-electron chi connectivity index (χ0n) is 13.3. The lowest BCUT2D eigenvalue weighted by molar-refractivity contribution is -0.115. The van der Waals surface area contributed by atoms with Gasteiger partial charge in [-0.25, -0.2) is 0 Å². The number of amides is 1. The summed E-state index contributed by atoms with van der Waals surface area (Å²) >= 11 is 0. The molecule has 3 N–H and O–H groups in total. The first-order valence-corrected chi connectivity index (χ1v) is 7.55. The van der Waals surface area contributed by atoms with Crippen LogP contribution in [0.3, 0.4) is 0 Å². The molecule has 0 bridgehead atoms. The first kappa shape index (κ1) is 15.0. The number of hydrogen-bond acceptors (Lipinski definition) is 3. The van der Waals surface area contributed by atoms with E-state index in [-0.39, 0.29) is 12.3 Å². The Bertz CT molecular complexity index is 867. The van der Waals surface area contributed by atoms with Crippen molar-refractivity contribution in [2.75, 3.05) is 11.1 Å². The quantitative estimate of drug-likeness (QED) is 0.726. The number of anilines is 2. The van der Waals surface area contributed by atoms with Crippen LogP contribution in [0.4, 0.5) is 11.4 Å². The third-order valence-electron chi connectivity index (χ3n) is 3.90. The Labute approximate surface area is 135 Å². The molecule has 1 amide bonds. The number of hydrogen-bond donors (Lipinski definition) is 2. The van der Waals surface area contributed by atoms with Crippen LogP contribution in [0.15, 0.2) is 48.5 Å². The molecule has 0 fully saturated rings. The number of carbonyl (C=O) groups excluding carboxylic acids is 1. The average molecular weight is 305 g/mol. The van der Waals surface area contributed by atoms with E-state index in [1.165, 1.54) is 0 Å². The van der Waals surface area contributed by atoms with Gasteiger partial charge >= 0.3 is 0 Å². The maximum atomic E-state index is 12.3. The number of nitrogens with one attached hydrogen (secondary N) is 1. The van der Waals surface area contributed by atoms with E-state index in [9.17, 15) is 4.79 Å². The van der Waals surface area contributed by atoms with Gasteiger partial charge in [0.05, 0.1) is 23.3 Å². The summed E-state index contributed by atoms with van der Waals surface area (Å²) in [5.41, 5.74) is 11.0. The molecule has 3 rings (SSSR count). The lowest BCUT2D eigenvalue weighted by atomic mass is 10.1. The summed E-state index contributed by atoms with van der Waals surface area (Å²) in [4.78, 5) is 16.8. The molecule has 0 saturated carbocycles. The van der Waals surface area contributed by atoms with E-state index in [0.717, 1.165) is 27.7 Å². The van der Waals surface area contributed by atoms with E-state index in [1.807, 2.05) is 62.4 Å². The first-order chi connectivity index (χ1) is 11.0. The second-order valence-electron chi connectivity index (χ2n) is 5.71. The molecule has 0 radical (unpaired) electrons. The van der Waals surface area contributed by atoms with Crippen molar-refractivity contribution in [2.24, 2.45) is 0 Å². The van der Waals surface area contributed by atoms with Gasteiger partial charge in [0.15, 0.2) is 0 Å². The number of nitrogen functional groups attached to an aromatic ring is 1. The van der Waals surface area contributed by atoms with Crippen molar-refractivity contribution in [3.8, 4) is 0 Å². The Balaban J connectivity index is 1.82. The minimum absolute atomic E-state index is 0.0799. The molecule has 2 aromatic carbocycles. The number of aryl methyl sites for hydroxylation is 2. The fourth-order valence-electron chi connectivity index (χ4n) is 2.67. The Morgan fingerprint density at radius 1 is 1.04 bits per heavy atom. The third-order valence-corrected chi connectivity index (χ3v) is 3.90. The third kappa shape index (κ3) is 3.16. The number of fused-ring (bicyclic) bond motifs is 1. The predicted octanol–water partition coefficient (Wildman–Crippen LogP) is 3.62. The molecule has 0 spiro atoms. The summed E-state index contributed by atoms with van der Waals surface area (Å²) < 4.78 is 0. The molecule has 116 valence electrons. The summed E-state index contributed by atoms with van der Waals surface area (Å²) in [6.45, 7) is 3.97. The van der Waals surface area contributed by atoms with Crippen LogP contribution in [0.2, 0.25) is 0 Å². The highest BCUT2D eigenvalue weighted by atomic mass is 16.1. The van der Waals surface area contributed by atoms with Crippen molar-refractivity contribution in [3.05, 3.63) is 65.4 Å². The number of aromatic nitrogens is 1. The van der Waals surface area contributed by atoms with Gasteiger partial charge in [0, 0.05) is 11.1 Å². The number of nitrogens with two attached hydrogens (primary N) is 1. The van der Waals surface area contributed by atoms with Crippen molar-refractivity contribution in [1.29, 1.82) is 0 Å². The number of pyridine rings is 1. The van der Waals surface area contributed by atoms with Gasteiger partial charge in [-0.2, -0.15) is 0 Å². The highest BCUT2D eigenvalue weighted by Gasteiger charge is 2.10. The summed E-state index contributed by atoms with van der Waals surface area (Å²) in [5, 5.41) is 3.96. The van der Waals surface area contributed by atoms with Crippen LogP contribution in [0.5, 0.6) is 0 Å². The smallest absolute Gasteiger partial charge is 0.230 e. The molecule has 0 aliphatic heterocycles. The van der Waals surface area contributed by atoms with Gasteiger partial charge in [-0.1, -0.05) is 36.4 Å². The van der Waals surface area contributed by atoms with E-state index in [0.29, 0.717) is 11.4 Å². The Hall–Kier alpha value is -2.88. The van der Waals surface area contributed by atoms with Crippen LogP contribution in [0.25, 0.3) is 10.9 Å². The van der Waals surface area contributed by atoms with Crippen LogP contribution in [-0.2, 0) is 11.2 Å². The van der Waals surface area contributed by atoms with Crippen molar-refractivity contribution in [3.63, 3.8) is 0 Å². The van der Waals surface area contributed by atoms with E-state index in [1.54, 1.807) is 0 Å². The molecule has 0 aliphatic carbocycles. The highest BCUT2D eigenvalue weighted by molar-refractivity contribution is 5.94. The van der Waals surface area contributed by atoms with Gasteiger partial charge in [-0.3, -0.25) is 9.78 Å². The fourth-order valence-corrected chi connectivity index (χ4v) is 2.67. The molecule has 0 unspecified atom stereocenters. The van der Waals surface area contributed by atoms with Gasteiger partial charge < -0.3 is 11.1 Å². The van der Waals surface area contributed by atoms with Gasteiger partial charge in [0.2, 0.25) is 5.91 Å². The molecule has 3 aromatic rings. The monoisotopic (exact) mass is 305 g/mol. The van der Waals surface area contributed by atoms with E-state index in [2.05, 4.69) is 10.3 Å². The summed E-state index contributed by atoms with van der Waals surface area (Å²) in [5.74, 6) is -0.0799. The molecule has 4 heteroatoms. The minimum atomic E-state index is -0.0799. The van der Waals surface area contributed by atoms with Crippen LogP contribution in [0.1, 0.15) is 16.8 Å². The molecule has 0 saturated heterocycles. The predicted molar refractivity (Wildman–Crippen MR) is 94.4 cm³/mol. The molecule has 1 heterocycles. The van der Waals surface area contributed by atoms with E-state index in [4.69, 9.17) is 5.73 Å². The van der Waals surface area contributed by atoms with Crippen molar-refractivity contribution < 1.29 is 4.79 Å². The molecular formula is C19H19N3O. The number of nitrogens with zero attached hydrogens (tertiary/aromatic N) is 1. The maximum Gasteiger partial charge on any atom is 0.230 e. The summed E-state index contributed by atoms with van der Waals surface area (Å²) in [6.07, 6.45) is 0.220. The fraction of sp³-hybridized carbons (Fsp3) is 0.158. The van der Waals surface area contributed by atoms with E-state index >= 15 is 0 Å². The number of para-hydroxylation sites is 2. The average Bonchev–Trinajstić information content (AvgIpc) is 2.52. The van der Waals surface area contributed by atoms with Gasteiger partial charge in [-0.05, 0) is 37.1 Å². The van der Waals surface area contributed by atoms with Crippen molar-refractivity contribution >= 4 is 28.2 Å². The standard InChI is InChI=1S/C19H19N3O/c1-12-5-3-6-13(2)18(12)22-17(23)11-15-10-9-14-7-4-8-16(20)19(14)21-15/h3-10H,11,20H2,1-2H3,(H,22,23). The zero-order chi connectivity index (χ0) is 16.4. The zero-order valence-corrected chi connectivity index (χ0v) is 13.3. The molecule has 4 nitrogen and oxygen atoms in total. The Morgan fingerprint density at radius 2 is 1.74 bits per heavy atom. The molecule has 0 atom stereocenters. The van der Waals surface area contributed by atoms with Gasteiger partial charge in [-0.15, -0.1) is 0 Å². The van der Waals surface area contributed by atoms with Crippen LogP contribution < -0.4 is 11.1 Å². The van der Waals surface area contributed by atoms with Gasteiger partial charge in [0.1, 0.15) is 0 Å². The SMILES string of the molecule is Cc1cccc(C)c1NC(=O)Cc1ccc2cccc(N)c2n1. The largest absolute Gasteiger partial charge is 0.397 e. The van der Waals surface area contributed by atoms with E-state index < -0.39 is 0 Å². The second kappa shape index (κ2) is 6.08. The van der Waals surface area contributed by atoms with Crippen LogP contribution in [-0.4, -0.2) is 10.9 Å². The van der Waals surface area contributed by atoms with Crippen LogP contribution in [0, 0.1) is 13.8 Å². The van der Waals surface area contributed by atoms with Crippen molar-refractivity contribution in [1.82, 2.24) is 4.98 Å². The Morgan fingerprint density at radius 3 is 2.48 bits per heavy atom. The first-order valence-electron chi connectivity index (χ1n) is 7.55. The lowest BCUT2D eigenvalue weighted by Crippen LogP contribution is -2.16. The summed E-state index contributed by atoms with van der Waals surface area (Å²) in [7, 11) is 0. The van der Waals surface area contributed by atoms with Crippen LogP contribution >= 0.6 is 0 Å². The normalized spacial score (nSPS) is 10.7. The molecular weight excluding hydrogens is 286 g/mol. The molecule has 23 heavy (non-hydrogen) atoms. The summed E-state index contributed by atoms with van der Waals surface area (Å²) in [6, 6.07) is 15.4. The molecule has 0 aliphatic rings. The van der Waals surface area contributed by atoms with Gasteiger partial charge in [0.25, 0.3) is 0 Å². The number of carbonyl (C=O) groups is 1. The number of rotatable bonds is 3. The molecule has 1 aromatic heterocycles. The Kier molecular flexibility index (Phi) is 3.98. The highest BCUT2D eigenvalue weighted by Crippen LogP contribution is 2.21. The topological polar surface area (TPSA) is 68.0 Å². The number of benzene rings is 2. The lowest BCUT2D eigenvalue weighted by Gasteiger charge is -2.11. The second-order valence-corrected chi connectivity index (χ2v) is 5.71.